The highest BCUT2D eigenvalue weighted by Crippen LogP contribution is 2.31. The second-order valence-electron chi connectivity index (χ2n) is 8.27. The normalized spacial score (nSPS) is 22.4. The molecular weight excluding hydrogens is 338 g/mol. The third kappa shape index (κ3) is 5.32. The molecule has 0 saturated heterocycles. The van der Waals surface area contributed by atoms with Crippen LogP contribution in [-0.4, -0.2) is 55.3 Å². The van der Waals surface area contributed by atoms with E-state index in [0.717, 1.165) is 64.7 Å². The number of fused-ring (bicyclic) bond motifs is 1. The van der Waals surface area contributed by atoms with Crippen LogP contribution < -0.4 is 5.32 Å². The fourth-order valence-corrected chi connectivity index (χ4v) is 4.30. The van der Waals surface area contributed by atoms with Gasteiger partial charge in [-0.15, -0.1) is 0 Å². The number of benzene rings is 1. The van der Waals surface area contributed by atoms with Crippen LogP contribution in [0.4, 0.5) is 0 Å². The van der Waals surface area contributed by atoms with Crippen LogP contribution >= 0.6 is 0 Å². The number of nitrogens with one attached hydrogen (secondary N) is 1. The van der Waals surface area contributed by atoms with E-state index in [1.54, 1.807) is 0 Å². The van der Waals surface area contributed by atoms with Crippen molar-refractivity contribution in [1.82, 2.24) is 15.1 Å². The van der Waals surface area contributed by atoms with Crippen LogP contribution in [0.25, 0.3) is 0 Å². The Hall–Kier alpha value is -1.88. The van der Waals surface area contributed by atoms with E-state index in [-0.39, 0.29) is 23.7 Å². The number of carbonyl (C=O) groups is 2. The molecule has 0 spiro atoms. The SMILES string of the molecule is CN(C)CCCNC(=O)C1CCC(C(=O)N2CCc3ccccc3C2)CC1. The lowest BCUT2D eigenvalue weighted by Gasteiger charge is -2.34. The third-order valence-electron chi connectivity index (χ3n) is 5.97. The van der Waals surface area contributed by atoms with E-state index < -0.39 is 0 Å². The average Bonchev–Trinajstić information content (AvgIpc) is 2.70. The van der Waals surface area contributed by atoms with Gasteiger partial charge in [0.15, 0.2) is 0 Å². The number of hydrogen-bond donors (Lipinski definition) is 1. The lowest BCUT2D eigenvalue weighted by molar-refractivity contribution is -0.139. The molecule has 2 amide bonds. The predicted molar refractivity (Wildman–Crippen MR) is 107 cm³/mol. The van der Waals surface area contributed by atoms with Gasteiger partial charge in [-0.05, 0) is 70.3 Å². The monoisotopic (exact) mass is 371 g/mol. The lowest BCUT2D eigenvalue weighted by atomic mass is 9.80. The van der Waals surface area contributed by atoms with Crippen LogP contribution in [-0.2, 0) is 22.6 Å². The van der Waals surface area contributed by atoms with Gasteiger partial charge in [0, 0.05) is 31.5 Å². The van der Waals surface area contributed by atoms with Gasteiger partial charge in [0.1, 0.15) is 0 Å². The predicted octanol–water partition coefficient (Wildman–Crippen LogP) is 2.45. The van der Waals surface area contributed by atoms with E-state index in [4.69, 9.17) is 0 Å². The quantitative estimate of drug-likeness (QED) is 0.782. The van der Waals surface area contributed by atoms with Crippen molar-refractivity contribution in [2.45, 2.75) is 45.1 Å². The molecule has 5 heteroatoms. The molecule has 1 saturated carbocycles. The Labute approximate surface area is 163 Å². The number of hydrogen-bond acceptors (Lipinski definition) is 3. The van der Waals surface area contributed by atoms with Crippen molar-refractivity contribution in [3.63, 3.8) is 0 Å². The number of nitrogens with zero attached hydrogens (tertiary/aromatic N) is 2. The van der Waals surface area contributed by atoms with Crippen molar-refractivity contribution < 1.29 is 9.59 Å². The maximum atomic E-state index is 12.9. The highest BCUT2D eigenvalue weighted by atomic mass is 16.2. The van der Waals surface area contributed by atoms with Crippen LogP contribution in [0, 0.1) is 11.8 Å². The average molecular weight is 372 g/mol. The number of amides is 2. The van der Waals surface area contributed by atoms with Gasteiger partial charge in [-0.25, -0.2) is 0 Å². The first kappa shape index (κ1) is 19.9. The van der Waals surface area contributed by atoms with Gasteiger partial charge < -0.3 is 15.1 Å². The van der Waals surface area contributed by atoms with E-state index in [0.29, 0.717) is 0 Å². The standard InChI is InChI=1S/C22H33N3O2/c1-24(2)14-5-13-23-21(26)18-8-10-19(11-9-18)22(27)25-15-12-17-6-3-4-7-20(17)16-25/h3-4,6-7,18-19H,5,8-16H2,1-2H3,(H,23,26). The molecule has 148 valence electrons. The van der Waals surface area contributed by atoms with Crippen molar-refractivity contribution in [3.8, 4) is 0 Å². The summed E-state index contributed by atoms with van der Waals surface area (Å²) >= 11 is 0. The molecule has 0 radical (unpaired) electrons. The topological polar surface area (TPSA) is 52.7 Å². The van der Waals surface area contributed by atoms with E-state index in [1.807, 2.05) is 19.0 Å². The molecule has 1 aliphatic heterocycles. The first-order valence-corrected chi connectivity index (χ1v) is 10.3. The first-order valence-electron chi connectivity index (χ1n) is 10.3. The summed E-state index contributed by atoms with van der Waals surface area (Å²) in [6, 6.07) is 8.42. The van der Waals surface area contributed by atoms with Crippen molar-refractivity contribution in [3.05, 3.63) is 35.4 Å². The summed E-state index contributed by atoms with van der Waals surface area (Å²) in [5.74, 6) is 0.629. The third-order valence-corrected chi connectivity index (χ3v) is 5.97. The van der Waals surface area contributed by atoms with Crippen LogP contribution in [0.5, 0.6) is 0 Å². The molecule has 0 aromatic heterocycles. The molecule has 1 aliphatic carbocycles. The summed E-state index contributed by atoms with van der Waals surface area (Å²) in [5.41, 5.74) is 2.65. The summed E-state index contributed by atoms with van der Waals surface area (Å²) in [7, 11) is 4.09. The van der Waals surface area contributed by atoms with Gasteiger partial charge in [0.05, 0.1) is 0 Å². The maximum Gasteiger partial charge on any atom is 0.225 e. The van der Waals surface area contributed by atoms with Gasteiger partial charge >= 0.3 is 0 Å². The van der Waals surface area contributed by atoms with Gasteiger partial charge in [-0.3, -0.25) is 9.59 Å². The first-order chi connectivity index (χ1) is 13.0. The van der Waals surface area contributed by atoms with Crippen molar-refractivity contribution in [2.75, 3.05) is 33.7 Å². The Morgan fingerprint density at radius 2 is 1.74 bits per heavy atom. The molecule has 5 nitrogen and oxygen atoms in total. The molecule has 1 fully saturated rings. The highest BCUT2D eigenvalue weighted by molar-refractivity contribution is 5.81. The summed E-state index contributed by atoms with van der Waals surface area (Å²) in [5, 5.41) is 3.07. The molecule has 1 heterocycles. The van der Waals surface area contributed by atoms with Gasteiger partial charge in [0.25, 0.3) is 0 Å². The molecule has 0 atom stereocenters. The van der Waals surface area contributed by atoms with E-state index in [2.05, 4.69) is 34.5 Å². The minimum Gasteiger partial charge on any atom is -0.356 e. The molecule has 0 bridgehead atoms. The summed E-state index contributed by atoms with van der Waals surface area (Å²) in [6.45, 7) is 3.28. The molecule has 1 N–H and O–H groups in total. The molecule has 0 unspecified atom stereocenters. The van der Waals surface area contributed by atoms with Crippen molar-refractivity contribution >= 4 is 11.8 Å². The molecule has 27 heavy (non-hydrogen) atoms. The van der Waals surface area contributed by atoms with Crippen LogP contribution in [0.15, 0.2) is 24.3 Å². The molecule has 2 aliphatic rings. The van der Waals surface area contributed by atoms with Crippen LogP contribution in [0.1, 0.15) is 43.2 Å². The number of rotatable bonds is 6. The van der Waals surface area contributed by atoms with Crippen molar-refractivity contribution in [2.24, 2.45) is 11.8 Å². The molecule has 1 aromatic carbocycles. The Kier molecular flexibility index (Phi) is 6.89. The molecular formula is C22H33N3O2. The lowest BCUT2D eigenvalue weighted by Crippen LogP contribution is -2.42. The Balaban J connectivity index is 1.42. The zero-order chi connectivity index (χ0) is 19.2. The Bertz CT molecular complexity index is 651. The van der Waals surface area contributed by atoms with E-state index >= 15 is 0 Å². The highest BCUT2D eigenvalue weighted by Gasteiger charge is 2.33. The van der Waals surface area contributed by atoms with Gasteiger partial charge in [0.2, 0.25) is 11.8 Å². The second-order valence-corrected chi connectivity index (χ2v) is 8.27. The van der Waals surface area contributed by atoms with Gasteiger partial charge in [-0.1, -0.05) is 24.3 Å². The zero-order valence-corrected chi connectivity index (χ0v) is 16.7. The Morgan fingerprint density at radius 3 is 2.44 bits per heavy atom. The van der Waals surface area contributed by atoms with Crippen LogP contribution in [0.3, 0.4) is 0 Å². The smallest absolute Gasteiger partial charge is 0.225 e. The fraction of sp³-hybridized carbons (Fsp3) is 0.636. The minimum absolute atomic E-state index is 0.0792. The molecule has 1 aromatic rings. The summed E-state index contributed by atoms with van der Waals surface area (Å²) < 4.78 is 0. The van der Waals surface area contributed by atoms with E-state index in [9.17, 15) is 9.59 Å². The maximum absolute atomic E-state index is 12.9. The summed E-state index contributed by atoms with van der Waals surface area (Å²) in [4.78, 5) is 29.4. The van der Waals surface area contributed by atoms with Crippen molar-refractivity contribution in [1.29, 1.82) is 0 Å². The Morgan fingerprint density at radius 1 is 1.07 bits per heavy atom. The van der Waals surface area contributed by atoms with E-state index in [1.165, 1.54) is 11.1 Å². The minimum atomic E-state index is 0.0792. The number of carbonyl (C=O) groups excluding carboxylic acids is 2. The fourth-order valence-electron chi connectivity index (χ4n) is 4.30. The summed E-state index contributed by atoms with van der Waals surface area (Å²) in [6.07, 6.45) is 5.27. The largest absolute Gasteiger partial charge is 0.356 e. The zero-order valence-electron chi connectivity index (χ0n) is 16.7. The van der Waals surface area contributed by atoms with Crippen LogP contribution in [0.2, 0.25) is 0 Å². The molecule has 3 rings (SSSR count). The second kappa shape index (κ2) is 9.36. The van der Waals surface area contributed by atoms with Gasteiger partial charge in [-0.2, -0.15) is 0 Å².